The third-order valence-electron chi connectivity index (χ3n) is 5.58. The van der Waals surface area contributed by atoms with Gasteiger partial charge in [0.05, 0.1) is 35.6 Å². The molecule has 37 heavy (non-hydrogen) atoms. The zero-order chi connectivity index (χ0) is 25.4. The summed E-state index contributed by atoms with van der Waals surface area (Å²) < 4.78 is 29.1. The summed E-state index contributed by atoms with van der Waals surface area (Å²) >= 11 is 1.32. The molecule has 10 nitrogen and oxygen atoms in total. The van der Waals surface area contributed by atoms with Crippen LogP contribution >= 0.6 is 11.8 Å². The van der Waals surface area contributed by atoms with E-state index >= 15 is 0 Å². The average Bonchev–Trinajstić information content (AvgIpc) is 3.66. The maximum atomic E-state index is 13.5. The van der Waals surface area contributed by atoms with Crippen molar-refractivity contribution in [1.29, 1.82) is 0 Å². The van der Waals surface area contributed by atoms with E-state index in [9.17, 15) is 4.79 Å². The second kappa shape index (κ2) is 9.66. The minimum absolute atomic E-state index is 0.0929. The lowest BCUT2D eigenvalue weighted by Gasteiger charge is -2.12. The minimum Gasteiger partial charge on any atom is -0.491 e. The van der Waals surface area contributed by atoms with Crippen LogP contribution in [0.1, 0.15) is 25.5 Å². The molecule has 3 aromatic heterocycles. The number of ether oxygens (including phenoxy) is 3. The van der Waals surface area contributed by atoms with Crippen LogP contribution in [0, 0.1) is 0 Å². The highest BCUT2D eigenvalue weighted by Crippen LogP contribution is 2.35. The Labute approximate surface area is 215 Å². The van der Waals surface area contributed by atoms with Gasteiger partial charge in [0.25, 0.3) is 5.56 Å². The van der Waals surface area contributed by atoms with Gasteiger partial charge >= 0.3 is 0 Å². The average molecular weight is 519 g/mol. The van der Waals surface area contributed by atoms with Gasteiger partial charge in [-0.2, -0.15) is 4.98 Å². The molecule has 0 atom stereocenters. The third kappa shape index (κ3) is 4.77. The molecule has 0 radical (unpaired) electrons. The molecule has 0 amide bonds. The molecule has 11 heteroatoms. The van der Waals surface area contributed by atoms with Gasteiger partial charge in [-0.25, -0.2) is 4.98 Å². The summed E-state index contributed by atoms with van der Waals surface area (Å²) in [5.74, 6) is 3.70. The Morgan fingerprint density at radius 2 is 1.89 bits per heavy atom. The number of aromatic nitrogens is 4. The van der Waals surface area contributed by atoms with Gasteiger partial charge in [0.2, 0.25) is 18.5 Å². The summed E-state index contributed by atoms with van der Waals surface area (Å²) in [6.45, 7) is 4.29. The van der Waals surface area contributed by atoms with Crippen LogP contribution in [0.3, 0.4) is 0 Å². The van der Waals surface area contributed by atoms with Crippen molar-refractivity contribution in [3.8, 4) is 28.6 Å². The fourth-order valence-corrected chi connectivity index (χ4v) is 4.75. The number of fused-ring (bicyclic) bond motifs is 2. The SMILES string of the molecule is CC(C)Oc1ccc(-c2noc(CSc3nc4cc5c(cc4c(=O)n3Cc3ccco3)OCO5)n2)cc1. The lowest BCUT2D eigenvalue weighted by Crippen LogP contribution is -2.23. The quantitative estimate of drug-likeness (QED) is 0.208. The largest absolute Gasteiger partial charge is 0.491 e. The molecule has 0 fully saturated rings. The van der Waals surface area contributed by atoms with E-state index in [1.807, 2.05) is 44.2 Å². The molecule has 5 aromatic rings. The molecular formula is C26H22N4O6S. The van der Waals surface area contributed by atoms with E-state index in [1.54, 1.807) is 29.0 Å². The van der Waals surface area contributed by atoms with E-state index in [2.05, 4.69) is 10.1 Å². The lowest BCUT2D eigenvalue weighted by molar-refractivity contribution is 0.174. The molecule has 0 bridgehead atoms. The third-order valence-corrected chi connectivity index (χ3v) is 6.55. The lowest BCUT2D eigenvalue weighted by atomic mass is 10.2. The van der Waals surface area contributed by atoms with Crippen molar-refractivity contribution >= 4 is 22.7 Å². The predicted octanol–water partition coefficient (Wildman–Crippen LogP) is 4.90. The number of furan rings is 1. The molecule has 188 valence electrons. The number of thioether (sulfide) groups is 1. The molecule has 0 saturated heterocycles. The monoisotopic (exact) mass is 518 g/mol. The number of benzene rings is 2. The first-order valence-corrected chi connectivity index (χ1v) is 12.6. The summed E-state index contributed by atoms with van der Waals surface area (Å²) in [6, 6.07) is 14.5. The molecule has 0 N–H and O–H groups in total. The van der Waals surface area contributed by atoms with Gasteiger partial charge in [0.15, 0.2) is 16.7 Å². The van der Waals surface area contributed by atoms with Crippen LogP contribution in [0.25, 0.3) is 22.3 Å². The highest BCUT2D eigenvalue weighted by atomic mass is 32.2. The Morgan fingerprint density at radius 3 is 2.65 bits per heavy atom. The Kier molecular flexibility index (Phi) is 6.05. The van der Waals surface area contributed by atoms with E-state index in [1.165, 1.54) is 11.8 Å². The van der Waals surface area contributed by atoms with Crippen molar-refractivity contribution in [2.45, 2.75) is 37.4 Å². The van der Waals surface area contributed by atoms with E-state index in [-0.39, 0.29) is 25.0 Å². The Bertz CT molecular complexity index is 1610. The van der Waals surface area contributed by atoms with Gasteiger partial charge in [-0.15, -0.1) is 0 Å². The van der Waals surface area contributed by atoms with Crippen molar-refractivity contribution in [3.63, 3.8) is 0 Å². The van der Waals surface area contributed by atoms with Crippen LogP contribution in [0.15, 0.2) is 73.7 Å². The maximum Gasteiger partial charge on any atom is 0.262 e. The fourth-order valence-electron chi connectivity index (χ4n) is 3.91. The molecule has 0 aliphatic carbocycles. The Balaban J connectivity index is 1.28. The van der Waals surface area contributed by atoms with Crippen LogP contribution < -0.4 is 19.8 Å². The summed E-state index contributed by atoms with van der Waals surface area (Å²) in [6.07, 6.45) is 1.66. The van der Waals surface area contributed by atoms with E-state index in [0.717, 1.165) is 11.3 Å². The van der Waals surface area contributed by atoms with Gasteiger partial charge in [-0.05, 0) is 56.3 Å². The van der Waals surface area contributed by atoms with E-state index in [0.29, 0.717) is 50.8 Å². The smallest absolute Gasteiger partial charge is 0.262 e. The van der Waals surface area contributed by atoms with Gasteiger partial charge < -0.3 is 23.2 Å². The van der Waals surface area contributed by atoms with Crippen LogP contribution in [0.2, 0.25) is 0 Å². The summed E-state index contributed by atoms with van der Waals surface area (Å²) in [5, 5.41) is 5.03. The normalized spacial score (nSPS) is 12.5. The van der Waals surface area contributed by atoms with E-state index in [4.69, 9.17) is 28.1 Å². The van der Waals surface area contributed by atoms with Crippen LogP contribution in [-0.2, 0) is 12.3 Å². The predicted molar refractivity (Wildman–Crippen MR) is 135 cm³/mol. The maximum absolute atomic E-state index is 13.5. The summed E-state index contributed by atoms with van der Waals surface area (Å²) in [7, 11) is 0. The summed E-state index contributed by atoms with van der Waals surface area (Å²) in [5.41, 5.74) is 1.12. The van der Waals surface area contributed by atoms with Crippen molar-refractivity contribution in [3.05, 3.63) is 76.8 Å². The van der Waals surface area contributed by atoms with Crippen molar-refractivity contribution in [2.75, 3.05) is 6.79 Å². The Hall–Kier alpha value is -4.25. The van der Waals surface area contributed by atoms with Crippen LogP contribution in [-0.4, -0.2) is 32.6 Å². The van der Waals surface area contributed by atoms with Gasteiger partial charge in [0, 0.05) is 11.6 Å². The molecule has 0 unspecified atom stereocenters. The summed E-state index contributed by atoms with van der Waals surface area (Å²) in [4.78, 5) is 22.7. The molecule has 1 aliphatic heterocycles. The zero-order valence-electron chi connectivity index (χ0n) is 20.0. The standard InChI is InChI=1S/C26H22N4O6S/c1-15(2)35-17-7-5-16(6-8-17)24-28-23(36-29-24)13-37-26-27-20-11-22-21(33-14-34-22)10-19(20)25(31)30(26)12-18-4-3-9-32-18/h3-11,15H,12-14H2,1-2H3. The topological polar surface area (TPSA) is 115 Å². The molecule has 1 aliphatic rings. The molecule has 4 heterocycles. The van der Waals surface area contributed by atoms with Crippen molar-refractivity contribution in [1.82, 2.24) is 19.7 Å². The number of rotatable bonds is 8. The van der Waals surface area contributed by atoms with Gasteiger partial charge in [0.1, 0.15) is 11.5 Å². The van der Waals surface area contributed by atoms with Crippen LogP contribution in [0.5, 0.6) is 17.2 Å². The first kappa shape index (κ1) is 23.2. The molecule has 6 rings (SSSR count). The fraction of sp³-hybridized carbons (Fsp3) is 0.231. The first-order chi connectivity index (χ1) is 18.0. The molecule has 2 aromatic carbocycles. The van der Waals surface area contributed by atoms with Gasteiger partial charge in [-0.1, -0.05) is 16.9 Å². The Morgan fingerprint density at radius 1 is 1.08 bits per heavy atom. The number of hydrogen-bond acceptors (Lipinski definition) is 10. The second-order valence-electron chi connectivity index (χ2n) is 8.58. The molecule has 0 spiro atoms. The number of nitrogens with zero attached hydrogens (tertiary/aromatic N) is 4. The van der Waals surface area contributed by atoms with E-state index < -0.39 is 0 Å². The molecular weight excluding hydrogens is 496 g/mol. The van der Waals surface area contributed by atoms with Gasteiger partial charge in [-0.3, -0.25) is 9.36 Å². The zero-order valence-corrected chi connectivity index (χ0v) is 20.9. The number of hydrogen-bond donors (Lipinski definition) is 0. The minimum atomic E-state index is -0.211. The van der Waals surface area contributed by atoms with Crippen molar-refractivity contribution in [2.24, 2.45) is 0 Å². The highest BCUT2D eigenvalue weighted by molar-refractivity contribution is 7.98. The van der Waals surface area contributed by atoms with Crippen molar-refractivity contribution < 1.29 is 23.2 Å². The first-order valence-electron chi connectivity index (χ1n) is 11.6. The highest BCUT2D eigenvalue weighted by Gasteiger charge is 2.20. The van der Waals surface area contributed by atoms with Crippen LogP contribution in [0.4, 0.5) is 0 Å². The molecule has 0 saturated carbocycles. The second-order valence-corrected chi connectivity index (χ2v) is 9.52.